The van der Waals surface area contributed by atoms with Crippen molar-refractivity contribution in [2.75, 3.05) is 59.0 Å². The average molecular weight is 257 g/mol. The molecular weight excluding hydrogens is 230 g/mol. The first-order chi connectivity index (χ1) is 8.71. The SMILES string of the molecule is CCN(CC)C(=O)CN1CCN(CCCO)CC1. The normalized spacial score (nSPS) is 17.9. The molecule has 1 fully saturated rings. The van der Waals surface area contributed by atoms with Gasteiger partial charge in [0.25, 0.3) is 0 Å². The molecule has 0 aromatic heterocycles. The van der Waals surface area contributed by atoms with Gasteiger partial charge in [-0.2, -0.15) is 0 Å². The highest BCUT2D eigenvalue weighted by molar-refractivity contribution is 5.78. The number of aliphatic hydroxyl groups is 1. The highest BCUT2D eigenvalue weighted by Crippen LogP contribution is 2.03. The number of carbonyl (C=O) groups excluding carboxylic acids is 1. The van der Waals surface area contributed by atoms with E-state index in [-0.39, 0.29) is 12.5 Å². The van der Waals surface area contributed by atoms with Crippen molar-refractivity contribution in [2.45, 2.75) is 20.3 Å². The fraction of sp³-hybridized carbons (Fsp3) is 0.923. The van der Waals surface area contributed by atoms with Crippen molar-refractivity contribution in [2.24, 2.45) is 0 Å². The minimum absolute atomic E-state index is 0.240. The lowest BCUT2D eigenvalue weighted by atomic mass is 10.3. The summed E-state index contributed by atoms with van der Waals surface area (Å²) in [5, 5.41) is 8.80. The molecule has 1 rings (SSSR count). The molecule has 106 valence electrons. The van der Waals surface area contributed by atoms with Crippen LogP contribution in [0.1, 0.15) is 20.3 Å². The molecule has 0 spiro atoms. The van der Waals surface area contributed by atoms with Gasteiger partial charge < -0.3 is 14.9 Å². The van der Waals surface area contributed by atoms with Crippen LogP contribution >= 0.6 is 0 Å². The molecule has 0 aliphatic carbocycles. The van der Waals surface area contributed by atoms with E-state index < -0.39 is 0 Å². The largest absolute Gasteiger partial charge is 0.396 e. The predicted octanol–water partition coefficient (Wildman–Crippen LogP) is -0.145. The van der Waals surface area contributed by atoms with Crippen molar-refractivity contribution in [3.8, 4) is 0 Å². The van der Waals surface area contributed by atoms with Crippen LogP contribution in [0.25, 0.3) is 0 Å². The first kappa shape index (κ1) is 15.4. The Labute approximate surface area is 110 Å². The molecule has 0 unspecified atom stereocenters. The summed E-state index contributed by atoms with van der Waals surface area (Å²) in [5.41, 5.74) is 0. The maximum atomic E-state index is 12.0. The fourth-order valence-corrected chi connectivity index (χ4v) is 2.33. The molecule has 1 aliphatic heterocycles. The van der Waals surface area contributed by atoms with Crippen molar-refractivity contribution < 1.29 is 9.90 Å². The standard InChI is InChI=1S/C13H27N3O2/c1-3-16(4-2)13(18)12-15-9-7-14(8-10-15)6-5-11-17/h17H,3-12H2,1-2H3. The van der Waals surface area contributed by atoms with Crippen LogP contribution in [0.15, 0.2) is 0 Å². The van der Waals surface area contributed by atoms with Gasteiger partial charge in [-0.05, 0) is 20.3 Å². The minimum atomic E-state index is 0.240. The van der Waals surface area contributed by atoms with E-state index in [0.29, 0.717) is 6.54 Å². The molecule has 1 saturated heterocycles. The first-order valence-electron chi connectivity index (χ1n) is 7.04. The molecule has 5 heteroatoms. The van der Waals surface area contributed by atoms with Gasteiger partial charge in [0.15, 0.2) is 0 Å². The third-order valence-electron chi connectivity index (χ3n) is 3.57. The second kappa shape index (κ2) is 8.45. The third-order valence-corrected chi connectivity index (χ3v) is 3.57. The number of likely N-dealkylation sites (N-methyl/N-ethyl adjacent to an activating group) is 1. The van der Waals surface area contributed by atoms with Gasteiger partial charge in [0.2, 0.25) is 5.91 Å². The molecule has 18 heavy (non-hydrogen) atoms. The summed E-state index contributed by atoms with van der Waals surface area (Å²) in [5.74, 6) is 0.240. The number of nitrogens with zero attached hydrogens (tertiary/aromatic N) is 3. The molecule has 1 aliphatic rings. The second-order valence-electron chi connectivity index (χ2n) is 4.76. The summed E-state index contributed by atoms with van der Waals surface area (Å²) in [6.07, 6.45) is 0.846. The summed E-state index contributed by atoms with van der Waals surface area (Å²) in [4.78, 5) is 18.4. The number of amides is 1. The van der Waals surface area contributed by atoms with Crippen LogP contribution in [-0.2, 0) is 4.79 Å². The highest BCUT2D eigenvalue weighted by atomic mass is 16.3. The number of rotatable bonds is 7. The second-order valence-corrected chi connectivity index (χ2v) is 4.76. The number of piperazine rings is 1. The number of aliphatic hydroxyl groups excluding tert-OH is 1. The topological polar surface area (TPSA) is 47.0 Å². The lowest BCUT2D eigenvalue weighted by Gasteiger charge is -2.35. The van der Waals surface area contributed by atoms with Crippen molar-refractivity contribution >= 4 is 5.91 Å². The number of hydrogen-bond acceptors (Lipinski definition) is 4. The van der Waals surface area contributed by atoms with Gasteiger partial charge >= 0.3 is 0 Å². The molecule has 0 aromatic rings. The van der Waals surface area contributed by atoms with E-state index in [2.05, 4.69) is 9.80 Å². The Morgan fingerprint density at radius 2 is 1.67 bits per heavy atom. The van der Waals surface area contributed by atoms with Crippen LogP contribution in [0.3, 0.4) is 0 Å². The fourth-order valence-electron chi connectivity index (χ4n) is 2.33. The quantitative estimate of drug-likeness (QED) is 0.689. The first-order valence-corrected chi connectivity index (χ1v) is 7.04. The van der Waals surface area contributed by atoms with E-state index in [1.807, 2.05) is 18.7 Å². The minimum Gasteiger partial charge on any atom is -0.396 e. The molecule has 1 heterocycles. The monoisotopic (exact) mass is 257 g/mol. The molecule has 0 bridgehead atoms. The van der Waals surface area contributed by atoms with Crippen LogP contribution < -0.4 is 0 Å². The molecule has 0 saturated carbocycles. The van der Waals surface area contributed by atoms with Crippen LogP contribution in [0.4, 0.5) is 0 Å². The van der Waals surface area contributed by atoms with Crippen molar-refractivity contribution in [3.63, 3.8) is 0 Å². The van der Waals surface area contributed by atoms with Crippen LogP contribution in [0.5, 0.6) is 0 Å². The Bertz CT molecular complexity index is 236. The van der Waals surface area contributed by atoms with Gasteiger partial charge in [-0.15, -0.1) is 0 Å². The number of hydrogen-bond donors (Lipinski definition) is 1. The Balaban J connectivity index is 2.24. The van der Waals surface area contributed by atoms with E-state index in [1.54, 1.807) is 0 Å². The Morgan fingerprint density at radius 1 is 1.11 bits per heavy atom. The summed E-state index contributed by atoms with van der Waals surface area (Å²) >= 11 is 0. The highest BCUT2D eigenvalue weighted by Gasteiger charge is 2.20. The summed E-state index contributed by atoms with van der Waals surface area (Å²) < 4.78 is 0. The number of carbonyl (C=O) groups is 1. The maximum absolute atomic E-state index is 12.0. The smallest absolute Gasteiger partial charge is 0.236 e. The molecule has 0 atom stereocenters. The Hall–Kier alpha value is -0.650. The van der Waals surface area contributed by atoms with Crippen LogP contribution in [-0.4, -0.2) is 84.7 Å². The summed E-state index contributed by atoms with van der Waals surface area (Å²) in [7, 11) is 0. The Morgan fingerprint density at radius 3 is 2.17 bits per heavy atom. The van der Waals surface area contributed by atoms with Gasteiger partial charge in [0.1, 0.15) is 0 Å². The van der Waals surface area contributed by atoms with Crippen molar-refractivity contribution in [1.82, 2.24) is 14.7 Å². The van der Waals surface area contributed by atoms with E-state index in [9.17, 15) is 4.79 Å². The molecule has 0 radical (unpaired) electrons. The zero-order valence-corrected chi connectivity index (χ0v) is 11.8. The average Bonchev–Trinajstić information content (AvgIpc) is 2.39. The predicted molar refractivity (Wildman–Crippen MR) is 72.5 cm³/mol. The van der Waals surface area contributed by atoms with Gasteiger partial charge in [0, 0.05) is 52.4 Å². The van der Waals surface area contributed by atoms with Gasteiger partial charge in [-0.1, -0.05) is 0 Å². The Kier molecular flexibility index (Phi) is 7.23. The van der Waals surface area contributed by atoms with E-state index in [0.717, 1.165) is 52.2 Å². The third kappa shape index (κ3) is 4.92. The lowest BCUT2D eigenvalue weighted by molar-refractivity contribution is -0.132. The lowest BCUT2D eigenvalue weighted by Crippen LogP contribution is -2.50. The molecule has 1 N–H and O–H groups in total. The summed E-state index contributed by atoms with van der Waals surface area (Å²) in [6, 6.07) is 0. The van der Waals surface area contributed by atoms with Gasteiger partial charge in [0.05, 0.1) is 6.54 Å². The van der Waals surface area contributed by atoms with Crippen molar-refractivity contribution in [3.05, 3.63) is 0 Å². The van der Waals surface area contributed by atoms with Crippen molar-refractivity contribution in [1.29, 1.82) is 0 Å². The molecule has 0 aromatic carbocycles. The van der Waals surface area contributed by atoms with E-state index >= 15 is 0 Å². The molecule has 1 amide bonds. The molecular formula is C13H27N3O2. The van der Waals surface area contributed by atoms with Gasteiger partial charge in [-0.25, -0.2) is 0 Å². The molecule has 5 nitrogen and oxygen atoms in total. The zero-order chi connectivity index (χ0) is 13.4. The van der Waals surface area contributed by atoms with E-state index in [4.69, 9.17) is 5.11 Å². The van der Waals surface area contributed by atoms with E-state index in [1.165, 1.54) is 0 Å². The maximum Gasteiger partial charge on any atom is 0.236 e. The summed E-state index contributed by atoms with van der Waals surface area (Å²) in [6.45, 7) is 11.3. The zero-order valence-electron chi connectivity index (χ0n) is 11.8. The van der Waals surface area contributed by atoms with Crippen LogP contribution in [0, 0.1) is 0 Å². The van der Waals surface area contributed by atoms with Gasteiger partial charge in [-0.3, -0.25) is 9.69 Å². The van der Waals surface area contributed by atoms with Crippen LogP contribution in [0.2, 0.25) is 0 Å².